The summed E-state index contributed by atoms with van der Waals surface area (Å²) in [4.78, 5) is 29.9. The molecule has 0 saturated heterocycles. The maximum absolute atomic E-state index is 12.8. The second-order valence-electron chi connectivity index (χ2n) is 5.89. The van der Waals surface area contributed by atoms with Crippen LogP contribution in [-0.2, 0) is 9.47 Å². The lowest BCUT2D eigenvalue weighted by molar-refractivity contribution is 0.0525. The van der Waals surface area contributed by atoms with E-state index in [0.29, 0.717) is 34.0 Å². The molecule has 0 fully saturated rings. The molecule has 2 rings (SSSR count). The Labute approximate surface area is 164 Å². The van der Waals surface area contributed by atoms with Crippen LogP contribution >= 0.6 is 0 Å². The van der Waals surface area contributed by atoms with Gasteiger partial charge in [-0.2, -0.15) is 0 Å². The Balaban J connectivity index is 2.97. The van der Waals surface area contributed by atoms with Crippen LogP contribution in [-0.4, -0.2) is 44.4 Å². The van der Waals surface area contributed by atoms with Crippen LogP contribution in [0.5, 0.6) is 11.5 Å². The summed E-state index contributed by atoms with van der Waals surface area (Å²) in [7, 11) is 3.01. The third-order valence-corrected chi connectivity index (χ3v) is 4.19. The number of methoxy groups -OCH3 is 2. The number of ether oxygens (including phenoxy) is 4. The summed E-state index contributed by atoms with van der Waals surface area (Å²) < 4.78 is 21.4. The van der Waals surface area contributed by atoms with Gasteiger partial charge in [0.1, 0.15) is 0 Å². The number of hydrogen-bond donors (Lipinski definition) is 0. The van der Waals surface area contributed by atoms with Gasteiger partial charge < -0.3 is 18.9 Å². The monoisotopic (exact) mass is 387 g/mol. The smallest absolute Gasteiger partial charge is 0.340 e. The Morgan fingerprint density at radius 2 is 1.43 bits per heavy atom. The normalized spacial score (nSPS) is 10.4. The number of pyridine rings is 1. The Bertz CT molecular complexity index is 849. The number of esters is 2. The third kappa shape index (κ3) is 3.93. The van der Waals surface area contributed by atoms with Crippen molar-refractivity contribution >= 4 is 11.9 Å². The average Bonchev–Trinajstić information content (AvgIpc) is 2.66. The molecule has 7 nitrogen and oxygen atoms in total. The molecule has 0 saturated carbocycles. The van der Waals surface area contributed by atoms with Gasteiger partial charge in [0.25, 0.3) is 0 Å². The van der Waals surface area contributed by atoms with Crippen molar-refractivity contribution in [1.29, 1.82) is 0 Å². The van der Waals surface area contributed by atoms with Crippen molar-refractivity contribution in [3.05, 3.63) is 40.7 Å². The minimum Gasteiger partial charge on any atom is -0.493 e. The Morgan fingerprint density at radius 1 is 0.893 bits per heavy atom. The number of benzene rings is 1. The summed E-state index contributed by atoms with van der Waals surface area (Å²) in [5.74, 6) is -0.279. The molecule has 0 aliphatic heterocycles. The van der Waals surface area contributed by atoms with Gasteiger partial charge in [0.2, 0.25) is 0 Å². The number of aryl methyl sites for hydroxylation is 2. The third-order valence-electron chi connectivity index (χ3n) is 4.19. The topological polar surface area (TPSA) is 84.0 Å². The van der Waals surface area contributed by atoms with E-state index >= 15 is 0 Å². The summed E-state index contributed by atoms with van der Waals surface area (Å²) in [6.45, 7) is 7.21. The van der Waals surface area contributed by atoms with Crippen molar-refractivity contribution in [3.8, 4) is 22.6 Å². The molecule has 0 radical (unpaired) electrons. The van der Waals surface area contributed by atoms with Gasteiger partial charge in [-0.15, -0.1) is 0 Å². The van der Waals surface area contributed by atoms with Gasteiger partial charge in [0.15, 0.2) is 11.5 Å². The van der Waals surface area contributed by atoms with E-state index in [4.69, 9.17) is 18.9 Å². The van der Waals surface area contributed by atoms with Crippen LogP contribution in [0.4, 0.5) is 0 Å². The molecule has 7 heteroatoms. The highest BCUT2D eigenvalue weighted by atomic mass is 16.5. The maximum atomic E-state index is 12.8. The first kappa shape index (κ1) is 21.2. The molecule has 0 atom stereocenters. The zero-order valence-corrected chi connectivity index (χ0v) is 17.0. The summed E-state index contributed by atoms with van der Waals surface area (Å²) in [6.07, 6.45) is 0. The molecule has 150 valence electrons. The van der Waals surface area contributed by atoms with Crippen molar-refractivity contribution in [2.24, 2.45) is 0 Å². The SMILES string of the molecule is CCOC(=O)c1c(C)nc(C)c(C(=O)OCC)c1-c1cccc(OC)c1OC. The van der Waals surface area contributed by atoms with E-state index in [-0.39, 0.29) is 24.3 Å². The number of hydrogen-bond acceptors (Lipinski definition) is 7. The molecule has 0 amide bonds. The van der Waals surface area contributed by atoms with Crippen LogP contribution in [0.25, 0.3) is 11.1 Å². The molecule has 1 heterocycles. The van der Waals surface area contributed by atoms with Crippen LogP contribution in [0, 0.1) is 13.8 Å². The van der Waals surface area contributed by atoms with Crippen molar-refractivity contribution < 1.29 is 28.5 Å². The molecule has 0 N–H and O–H groups in total. The lowest BCUT2D eigenvalue weighted by atomic mass is 9.91. The predicted octanol–water partition coefficient (Wildman–Crippen LogP) is 3.74. The van der Waals surface area contributed by atoms with E-state index in [1.54, 1.807) is 45.9 Å². The summed E-state index contributed by atoms with van der Waals surface area (Å²) in [5.41, 5.74) is 2.16. The maximum Gasteiger partial charge on any atom is 0.340 e. The van der Waals surface area contributed by atoms with Gasteiger partial charge in [-0.3, -0.25) is 4.98 Å². The summed E-state index contributed by atoms with van der Waals surface area (Å²) >= 11 is 0. The van der Waals surface area contributed by atoms with Gasteiger partial charge in [-0.05, 0) is 33.8 Å². The van der Waals surface area contributed by atoms with Gasteiger partial charge >= 0.3 is 11.9 Å². The van der Waals surface area contributed by atoms with E-state index in [2.05, 4.69) is 4.98 Å². The Hall–Kier alpha value is -3.09. The zero-order chi connectivity index (χ0) is 20.8. The molecule has 0 unspecified atom stereocenters. The molecule has 1 aromatic carbocycles. The first-order valence-electron chi connectivity index (χ1n) is 8.97. The Morgan fingerprint density at radius 3 is 1.86 bits per heavy atom. The number of nitrogens with zero attached hydrogens (tertiary/aromatic N) is 1. The van der Waals surface area contributed by atoms with Crippen LogP contribution in [0.3, 0.4) is 0 Å². The first-order chi connectivity index (χ1) is 13.4. The molecule has 2 aromatic rings. The number of para-hydroxylation sites is 1. The van der Waals surface area contributed by atoms with Crippen molar-refractivity contribution in [2.45, 2.75) is 27.7 Å². The van der Waals surface area contributed by atoms with E-state index in [9.17, 15) is 9.59 Å². The standard InChI is InChI=1S/C21H25NO6/c1-7-27-20(23)16-12(3)22-13(4)17(21(24)28-8-2)18(16)14-10-9-11-15(25-5)19(14)26-6/h9-11H,7-8H2,1-6H3. The van der Waals surface area contributed by atoms with Crippen LogP contribution < -0.4 is 9.47 Å². The largest absolute Gasteiger partial charge is 0.493 e. The molecule has 0 aliphatic rings. The highest BCUT2D eigenvalue weighted by Crippen LogP contribution is 2.42. The molecular weight excluding hydrogens is 362 g/mol. The zero-order valence-electron chi connectivity index (χ0n) is 17.0. The molecule has 28 heavy (non-hydrogen) atoms. The fraction of sp³-hybridized carbons (Fsp3) is 0.381. The van der Waals surface area contributed by atoms with Crippen LogP contribution in [0.2, 0.25) is 0 Å². The molecule has 0 bridgehead atoms. The number of aromatic nitrogens is 1. The van der Waals surface area contributed by atoms with Gasteiger partial charge in [-0.1, -0.05) is 12.1 Å². The van der Waals surface area contributed by atoms with Gasteiger partial charge in [-0.25, -0.2) is 9.59 Å². The number of carbonyl (C=O) groups is 2. The summed E-state index contributed by atoms with van der Waals surface area (Å²) in [6, 6.07) is 5.24. The minimum absolute atomic E-state index is 0.190. The second kappa shape index (κ2) is 9.21. The van der Waals surface area contributed by atoms with Crippen molar-refractivity contribution in [1.82, 2.24) is 4.98 Å². The quantitative estimate of drug-likeness (QED) is 0.669. The van der Waals surface area contributed by atoms with E-state index in [1.807, 2.05) is 0 Å². The molecule has 0 spiro atoms. The first-order valence-corrected chi connectivity index (χ1v) is 8.97. The van der Waals surface area contributed by atoms with Crippen molar-refractivity contribution in [2.75, 3.05) is 27.4 Å². The molecule has 0 aliphatic carbocycles. The molecular formula is C21H25NO6. The van der Waals surface area contributed by atoms with E-state index in [1.165, 1.54) is 14.2 Å². The predicted molar refractivity (Wildman–Crippen MR) is 104 cm³/mol. The van der Waals surface area contributed by atoms with Gasteiger partial charge in [0, 0.05) is 11.1 Å². The number of carbonyl (C=O) groups excluding carboxylic acids is 2. The lowest BCUT2D eigenvalue weighted by Gasteiger charge is -2.20. The second-order valence-corrected chi connectivity index (χ2v) is 5.89. The van der Waals surface area contributed by atoms with E-state index in [0.717, 1.165) is 0 Å². The molecule has 1 aromatic heterocycles. The summed E-state index contributed by atoms with van der Waals surface area (Å²) in [5, 5.41) is 0. The van der Waals surface area contributed by atoms with Crippen LogP contribution in [0.1, 0.15) is 46.0 Å². The fourth-order valence-electron chi connectivity index (χ4n) is 3.11. The lowest BCUT2D eigenvalue weighted by Crippen LogP contribution is -2.17. The number of rotatable bonds is 7. The minimum atomic E-state index is -0.571. The average molecular weight is 387 g/mol. The van der Waals surface area contributed by atoms with Gasteiger partial charge in [0.05, 0.1) is 49.9 Å². The Kier molecular flexibility index (Phi) is 6.98. The fourth-order valence-corrected chi connectivity index (χ4v) is 3.11. The van der Waals surface area contributed by atoms with Crippen LogP contribution in [0.15, 0.2) is 18.2 Å². The highest BCUT2D eigenvalue weighted by molar-refractivity contribution is 6.08. The highest BCUT2D eigenvalue weighted by Gasteiger charge is 2.30. The van der Waals surface area contributed by atoms with Crippen molar-refractivity contribution in [3.63, 3.8) is 0 Å². The van der Waals surface area contributed by atoms with E-state index < -0.39 is 11.9 Å².